The first kappa shape index (κ1) is 26.9. The number of ether oxygens (including phenoxy) is 1. The fraction of sp³-hybridized carbons (Fsp3) is 0.241. The zero-order valence-corrected chi connectivity index (χ0v) is 22.9. The van der Waals surface area contributed by atoms with Crippen LogP contribution in [0.15, 0.2) is 83.1 Å². The second-order valence-corrected chi connectivity index (χ2v) is 10.7. The summed E-state index contributed by atoms with van der Waals surface area (Å²) in [7, 11) is 1.48. The number of benzene rings is 3. The molecular weight excluding hydrogens is 498 g/mol. The van der Waals surface area contributed by atoms with Gasteiger partial charge in [-0.25, -0.2) is 5.43 Å². The molecular formula is C29H31N5O3S. The SMILES string of the molecule is COc1ccc(C(C)=NNC(=O)CSc2nnc(-c3ccc(C(C)(C)C)cc3)n2-c2ccccc2)cc1O. The van der Waals surface area contributed by atoms with Gasteiger partial charge in [0.1, 0.15) is 0 Å². The monoisotopic (exact) mass is 529 g/mol. The van der Waals surface area contributed by atoms with Crippen molar-refractivity contribution in [2.45, 2.75) is 38.3 Å². The highest BCUT2D eigenvalue weighted by Gasteiger charge is 2.19. The lowest BCUT2D eigenvalue weighted by Gasteiger charge is -2.19. The summed E-state index contributed by atoms with van der Waals surface area (Å²) in [6.45, 7) is 8.29. The van der Waals surface area contributed by atoms with Crippen LogP contribution in [-0.2, 0) is 10.2 Å². The molecule has 8 nitrogen and oxygen atoms in total. The minimum Gasteiger partial charge on any atom is -0.504 e. The Morgan fingerprint density at radius 3 is 2.39 bits per heavy atom. The van der Waals surface area contributed by atoms with Crippen LogP contribution >= 0.6 is 11.8 Å². The van der Waals surface area contributed by atoms with Crippen LogP contribution < -0.4 is 10.2 Å². The van der Waals surface area contributed by atoms with Crippen molar-refractivity contribution in [2.24, 2.45) is 5.10 Å². The standard InChI is InChI=1S/C29H31N5O3S/c1-19(21-13-16-25(37-5)24(35)17-21)30-31-26(36)18-38-28-33-32-27(34(28)23-9-7-6-8-10-23)20-11-14-22(15-12-20)29(2,3)4/h6-17,35H,18H2,1-5H3,(H,31,36). The Kier molecular flexibility index (Phi) is 8.16. The molecule has 38 heavy (non-hydrogen) atoms. The van der Waals surface area contributed by atoms with E-state index in [1.165, 1.54) is 30.5 Å². The molecule has 1 aromatic heterocycles. The van der Waals surface area contributed by atoms with E-state index in [1.54, 1.807) is 19.1 Å². The largest absolute Gasteiger partial charge is 0.504 e. The van der Waals surface area contributed by atoms with Crippen molar-refractivity contribution in [2.75, 3.05) is 12.9 Å². The molecule has 0 aliphatic carbocycles. The number of methoxy groups -OCH3 is 1. The van der Waals surface area contributed by atoms with Crippen molar-refractivity contribution in [3.63, 3.8) is 0 Å². The van der Waals surface area contributed by atoms with Crippen LogP contribution in [-0.4, -0.2) is 44.4 Å². The van der Waals surface area contributed by atoms with Gasteiger partial charge in [-0.15, -0.1) is 10.2 Å². The van der Waals surface area contributed by atoms with E-state index in [4.69, 9.17) is 4.74 Å². The van der Waals surface area contributed by atoms with E-state index in [-0.39, 0.29) is 22.8 Å². The van der Waals surface area contributed by atoms with Gasteiger partial charge in [-0.3, -0.25) is 9.36 Å². The van der Waals surface area contributed by atoms with Gasteiger partial charge in [0.15, 0.2) is 22.5 Å². The van der Waals surface area contributed by atoms with Gasteiger partial charge < -0.3 is 9.84 Å². The Balaban J connectivity index is 1.51. The summed E-state index contributed by atoms with van der Waals surface area (Å²) >= 11 is 1.28. The van der Waals surface area contributed by atoms with E-state index in [0.717, 1.165) is 11.3 Å². The second-order valence-electron chi connectivity index (χ2n) is 9.71. The predicted molar refractivity (Wildman–Crippen MR) is 151 cm³/mol. The summed E-state index contributed by atoms with van der Waals surface area (Å²) in [5, 5.41) is 23.6. The molecule has 9 heteroatoms. The number of aromatic nitrogens is 3. The van der Waals surface area contributed by atoms with Crippen LogP contribution in [0.1, 0.15) is 38.8 Å². The van der Waals surface area contributed by atoms with Crippen LogP contribution in [0.25, 0.3) is 17.1 Å². The maximum Gasteiger partial charge on any atom is 0.250 e. The average molecular weight is 530 g/mol. The van der Waals surface area contributed by atoms with Crippen LogP contribution in [0.2, 0.25) is 0 Å². The van der Waals surface area contributed by atoms with E-state index in [9.17, 15) is 9.90 Å². The topological polar surface area (TPSA) is 102 Å². The average Bonchev–Trinajstić information content (AvgIpc) is 3.34. The molecule has 0 bridgehead atoms. The van der Waals surface area contributed by atoms with Gasteiger partial charge in [0.25, 0.3) is 5.91 Å². The van der Waals surface area contributed by atoms with Crippen molar-refractivity contribution in [1.29, 1.82) is 0 Å². The Morgan fingerprint density at radius 2 is 1.76 bits per heavy atom. The third-order valence-corrected chi connectivity index (χ3v) is 6.86. The molecule has 1 heterocycles. The van der Waals surface area contributed by atoms with Gasteiger partial charge in [-0.2, -0.15) is 5.10 Å². The number of rotatable bonds is 8. The van der Waals surface area contributed by atoms with Gasteiger partial charge in [0.2, 0.25) is 0 Å². The van der Waals surface area contributed by atoms with Crippen molar-refractivity contribution in [1.82, 2.24) is 20.2 Å². The van der Waals surface area contributed by atoms with Crippen molar-refractivity contribution >= 4 is 23.4 Å². The van der Waals surface area contributed by atoms with Crippen LogP contribution in [0.3, 0.4) is 0 Å². The highest BCUT2D eigenvalue weighted by molar-refractivity contribution is 7.99. The molecule has 0 spiro atoms. The van der Waals surface area contributed by atoms with Crippen molar-refractivity contribution < 1.29 is 14.6 Å². The molecule has 196 valence electrons. The van der Waals surface area contributed by atoms with E-state index >= 15 is 0 Å². The first-order chi connectivity index (χ1) is 18.2. The predicted octanol–water partition coefficient (Wildman–Crippen LogP) is 5.58. The van der Waals surface area contributed by atoms with Gasteiger partial charge in [0, 0.05) is 16.8 Å². The first-order valence-electron chi connectivity index (χ1n) is 12.1. The van der Waals surface area contributed by atoms with Crippen molar-refractivity contribution in [3.8, 4) is 28.6 Å². The lowest BCUT2D eigenvalue weighted by molar-refractivity contribution is -0.118. The van der Waals surface area contributed by atoms with Gasteiger partial charge >= 0.3 is 0 Å². The number of amides is 1. The smallest absolute Gasteiger partial charge is 0.250 e. The van der Waals surface area contributed by atoms with E-state index in [0.29, 0.717) is 28.0 Å². The maximum absolute atomic E-state index is 12.6. The number of hydrogen-bond donors (Lipinski definition) is 2. The summed E-state index contributed by atoms with van der Waals surface area (Å²) in [5.74, 6) is 0.886. The van der Waals surface area contributed by atoms with E-state index in [2.05, 4.69) is 65.8 Å². The zero-order chi connectivity index (χ0) is 27.3. The number of thioether (sulfide) groups is 1. The van der Waals surface area contributed by atoms with E-state index in [1.807, 2.05) is 34.9 Å². The van der Waals surface area contributed by atoms with Crippen molar-refractivity contribution in [3.05, 3.63) is 83.9 Å². The molecule has 0 aliphatic heterocycles. The highest BCUT2D eigenvalue weighted by Crippen LogP contribution is 2.30. The third kappa shape index (κ3) is 6.23. The van der Waals surface area contributed by atoms with E-state index < -0.39 is 0 Å². The Morgan fingerprint density at radius 1 is 1.05 bits per heavy atom. The minimum atomic E-state index is -0.286. The Bertz CT molecular complexity index is 1440. The fourth-order valence-corrected chi connectivity index (χ4v) is 4.51. The van der Waals surface area contributed by atoms with Gasteiger partial charge in [-0.1, -0.05) is 75.0 Å². The fourth-order valence-electron chi connectivity index (χ4n) is 3.77. The summed E-state index contributed by atoms with van der Waals surface area (Å²) in [6.07, 6.45) is 0. The third-order valence-electron chi connectivity index (χ3n) is 5.93. The first-order valence-corrected chi connectivity index (χ1v) is 13.1. The quantitative estimate of drug-likeness (QED) is 0.176. The zero-order valence-electron chi connectivity index (χ0n) is 22.1. The Labute approximate surface area is 226 Å². The number of carbonyl (C=O) groups excluding carboxylic acids is 1. The molecule has 4 aromatic rings. The number of phenols is 1. The highest BCUT2D eigenvalue weighted by atomic mass is 32.2. The number of para-hydroxylation sites is 1. The molecule has 2 N–H and O–H groups in total. The number of nitrogens with one attached hydrogen (secondary N) is 1. The number of aromatic hydroxyl groups is 1. The lowest BCUT2D eigenvalue weighted by atomic mass is 9.87. The van der Waals surface area contributed by atoms with Crippen LogP contribution in [0.4, 0.5) is 0 Å². The van der Waals surface area contributed by atoms with Gasteiger partial charge in [-0.05, 0) is 48.2 Å². The molecule has 1 amide bonds. The molecule has 0 saturated carbocycles. The lowest BCUT2D eigenvalue weighted by Crippen LogP contribution is -2.21. The number of phenolic OH excluding ortho intramolecular Hbond substituents is 1. The molecule has 0 fully saturated rings. The molecule has 0 unspecified atom stereocenters. The summed E-state index contributed by atoms with van der Waals surface area (Å²) in [5.41, 5.74) is 6.92. The molecule has 0 aliphatic rings. The molecule has 4 rings (SSSR count). The summed E-state index contributed by atoms with van der Waals surface area (Å²) in [4.78, 5) is 12.6. The molecule has 3 aromatic carbocycles. The number of carbonyl (C=O) groups is 1. The van der Waals surface area contributed by atoms with Gasteiger partial charge in [0.05, 0.1) is 18.6 Å². The number of hydrogen-bond acceptors (Lipinski definition) is 7. The minimum absolute atomic E-state index is 0.00512. The number of hydrazone groups is 1. The maximum atomic E-state index is 12.6. The number of nitrogens with zero attached hydrogens (tertiary/aromatic N) is 4. The normalized spacial score (nSPS) is 11.9. The molecule has 0 atom stereocenters. The summed E-state index contributed by atoms with van der Waals surface area (Å²) < 4.78 is 7.02. The Hall–Kier alpha value is -4.11. The van der Waals surface area contributed by atoms with Crippen LogP contribution in [0.5, 0.6) is 11.5 Å². The molecule has 0 saturated heterocycles. The molecule has 0 radical (unpaired) electrons. The summed E-state index contributed by atoms with van der Waals surface area (Å²) in [6, 6.07) is 23.1. The van der Waals surface area contributed by atoms with Crippen LogP contribution in [0, 0.1) is 0 Å². The second kappa shape index (κ2) is 11.5.